The van der Waals surface area contributed by atoms with Crippen molar-refractivity contribution in [1.29, 1.82) is 0 Å². The molecule has 0 heterocycles. The summed E-state index contributed by atoms with van der Waals surface area (Å²) in [6.45, 7) is 5.10. The van der Waals surface area contributed by atoms with Gasteiger partial charge in [-0.3, -0.25) is 4.79 Å². The van der Waals surface area contributed by atoms with Gasteiger partial charge in [0, 0.05) is 0 Å². The molecule has 0 bridgehead atoms. The molecule has 0 saturated carbocycles. The van der Waals surface area contributed by atoms with Crippen LogP contribution in [0.5, 0.6) is 5.75 Å². The van der Waals surface area contributed by atoms with Crippen LogP contribution in [0.3, 0.4) is 0 Å². The minimum Gasteiger partial charge on any atom is -0.497 e. The van der Waals surface area contributed by atoms with Crippen molar-refractivity contribution in [2.45, 2.75) is 110 Å². The molecule has 1 unspecified atom stereocenters. The van der Waals surface area contributed by atoms with E-state index < -0.39 is 0 Å². The fraction of sp³-hybridized carbons (Fsp3) is 0.741. The molecule has 0 aliphatic rings. The molecule has 0 aliphatic carbocycles. The van der Waals surface area contributed by atoms with Crippen molar-refractivity contribution in [3.8, 4) is 5.75 Å². The maximum atomic E-state index is 12.3. The molecule has 1 rings (SSSR count). The Kier molecular flexibility index (Phi) is 16.2. The molecule has 1 aromatic rings. The van der Waals surface area contributed by atoms with Gasteiger partial charge in [0.15, 0.2) is 0 Å². The van der Waals surface area contributed by atoms with Gasteiger partial charge in [-0.15, -0.1) is 0 Å². The van der Waals surface area contributed by atoms with Gasteiger partial charge in [-0.2, -0.15) is 0 Å². The van der Waals surface area contributed by atoms with Crippen molar-refractivity contribution >= 4 is 5.97 Å². The Morgan fingerprint density at radius 2 is 1.27 bits per heavy atom. The minimum atomic E-state index is -0.115. The van der Waals surface area contributed by atoms with Crippen LogP contribution < -0.4 is 4.74 Å². The molecule has 0 radical (unpaired) electrons. The molecule has 1 atom stereocenters. The summed E-state index contributed by atoms with van der Waals surface area (Å²) in [4.78, 5) is 12.3. The van der Waals surface area contributed by atoms with Crippen LogP contribution >= 0.6 is 0 Å². The van der Waals surface area contributed by atoms with E-state index in [9.17, 15) is 4.79 Å². The number of ether oxygens (including phenoxy) is 2. The lowest BCUT2D eigenvalue weighted by molar-refractivity contribution is -0.144. The van der Waals surface area contributed by atoms with E-state index in [1.54, 1.807) is 7.11 Å². The summed E-state index contributed by atoms with van der Waals surface area (Å²) in [7, 11) is 1.65. The largest absolute Gasteiger partial charge is 0.497 e. The van der Waals surface area contributed by atoms with E-state index in [0.29, 0.717) is 18.9 Å². The molecule has 0 saturated heterocycles. The Balaban J connectivity index is 2.33. The van der Waals surface area contributed by atoms with Crippen LogP contribution in [0, 0.1) is 5.92 Å². The Morgan fingerprint density at radius 1 is 0.767 bits per heavy atom. The molecule has 0 amide bonds. The first-order valence-electron chi connectivity index (χ1n) is 12.5. The number of unbranched alkanes of at least 4 members (excludes halogenated alkanes) is 10. The van der Waals surface area contributed by atoms with Crippen LogP contribution in [0.2, 0.25) is 0 Å². The second kappa shape index (κ2) is 18.3. The molecular weight excluding hydrogens is 372 g/mol. The first kappa shape index (κ1) is 26.5. The number of esters is 1. The normalized spacial score (nSPS) is 12.0. The number of rotatable bonds is 19. The Labute approximate surface area is 185 Å². The zero-order chi connectivity index (χ0) is 21.9. The van der Waals surface area contributed by atoms with Crippen LogP contribution in [-0.4, -0.2) is 19.7 Å². The van der Waals surface area contributed by atoms with E-state index in [4.69, 9.17) is 9.47 Å². The molecule has 3 nitrogen and oxygen atoms in total. The number of carbonyl (C=O) groups is 1. The highest BCUT2D eigenvalue weighted by atomic mass is 16.5. The van der Waals surface area contributed by atoms with Crippen LogP contribution in [0.1, 0.15) is 109 Å². The highest BCUT2D eigenvalue weighted by molar-refractivity contribution is 5.72. The minimum absolute atomic E-state index is 0.115. The molecule has 3 heteroatoms. The monoisotopic (exact) mass is 418 g/mol. The third-order valence-electron chi connectivity index (χ3n) is 5.92. The maximum Gasteiger partial charge on any atom is 0.310 e. The number of methoxy groups -OCH3 is 1. The molecule has 1 aromatic carbocycles. The summed E-state index contributed by atoms with van der Waals surface area (Å²) >= 11 is 0. The number of hydrogen-bond donors (Lipinski definition) is 0. The van der Waals surface area contributed by atoms with E-state index in [1.807, 2.05) is 24.3 Å². The lowest BCUT2D eigenvalue weighted by Crippen LogP contribution is -2.16. The van der Waals surface area contributed by atoms with Gasteiger partial charge in [-0.1, -0.05) is 103 Å². The lowest BCUT2D eigenvalue weighted by atomic mass is 9.95. The summed E-state index contributed by atoms with van der Waals surface area (Å²) < 4.78 is 10.9. The van der Waals surface area contributed by atoms with Crippen LogP contribution in [0.25, 0.3) is 0 Å². The summed E-state index contributed by atoms with van der Waals surface area (Å²) in [6, 6.07) is 7.65. The predicted molar refractivity (Wildman–Crippen MR) is 127 cm³/mol. The highest BCUT2D eigenvalue weighted by Gasteiger charge is 2.13. The Hall–Kier alpha value is -1.51. The Bertz CT molecular complexity index is 523. The van der Waals surface area contributed by atoms with Crippen LogP contribution in [0.4, 0.5) is 0 Å². The summed E-state index contributed by atoms with van der Waals surface area (Å²) in [5.41, 5.74) is 0.976. The van der Waals surface area contributed by atoms with Crippen LogP contribution in [-0.2, 0) is 16.0 Å². The van der Waals surface area contributed by atoms with Crippen molar-refractivity contribution < 1.29 is 14.3 Å². The average Bonchev–Trinajstić information content (AvgIpc) is 2.76. The van der Waals surface area contributed by atoms with Crippen molar-refractivity contribution in [2.24, 2.45) is 5.92 Å². The first-order chi connectivity index (χ1) is 14.7. The molecule has 0 aliphatic heterocycles. The second-order valence-corrected chi connectivity index (χ2v) is 8.69. The topological polar surface area (TPSA) is 35.5 Å². The molecule has 0 spiro atoms. The SMILES string of the molecule is CCCCCCCCCC(CCCCCCC)COC(=O)Cc1ccc(OC)cc1. The molecule has 0 aromatic heterocycles. The fourth-order valence-corrected chi connectivity index (χ4v) is 3.91. The second-order valence-electron chi connectivity index (χ2n) is 8.69. The van der Waals surface area contributed by atoms with Gasteiger partial charge in [0.1, 0.15) is 5.75 Å². The van der Waals surface area contributed by atoms with Crippen molar-refractivity contribution in [2.75, 3.05) is 13.7 Å². The molecule has 30 heavy (non-hydrogen) atoms. The summed E-state index contributed by atoms with van der Waals surface area (Å²) in [6.07, 6.45) is 18.6. The van der Waals surface area contributed by atoms with Crippen molar-refractivity contribution in [1.82, 2.24) is 0 Å². The number of benzene rings is 1. The molecular formula is C27H46O3. The Morgan fingerprint density at radius 3 is 1.77 bits per heavy atom. The van der Waals surface area contributed by atoms with Gasteiger partial charge in [0.2, 0.25) is 0 Å². The third-order valence-corrected chi connectivity index (χ3v) is 5.92. The molecule has 0 N–H and O–H groups in total. The summed E-state index contributed by atoms with van der Waals surface area (Å²) in [5.74, 6) is 1.21. The van der Waals surface area contributed by atoms with Crippen molar-refractivity contribution in [3.63, 3.8) is 0 Å². The van der Waals surface area contributed by atoms with Gasteiger partial charge in [-0.05, 0) is 36.5 Å². The van der Waals surface area contributed by atoms with E-state index in [0.717, 1.165) is 11.3 Å². The van der Waals surface area contributed by atoms with Gasteiger partial charge in [0.05, 0.1) is 20.1 Å². The maximum absolute atomic E-state index is 12.3. The van der Waals surface area contributed by atoms with Crippen LogP contribution in [0.15, 0.2) is 24.3 Å². The smallest absolute Gasteiger partial charge is 0.310 e. The van der Waals surface area contributed by atoms with Gasteiger partial charge in [0.25, 0.3) is 0 Å². The van der Waals surface area contributed by atoms with E-state index in [1.165, 1.54) is 89.9 Å². The standard InChI is InChI=1S/C27H46O3/c1-4-6-8-10-11-13-15-17-25(16-14-12-9-7-5-2)23-30-27(28)22-24-18-20-26(29-3)21-19-24/h18-21,25H,4-17,22-23H2,1-3H3. The van der Waals surface area contributed by atoms with Gasteiger partial charge < -0.3 is 9.47 Å². The number of carbonyl (C=O) groups excluding carboxylic acids is 1. The summed E-state index contributed by atoms with van der Waals surface area (Å²) in [5, 5.41) is 0. The highest BCUT2D eigenvalue weighted by Crippen LogP contribution is 2.20. The van der Waals surface area contributed by atoms with Gasteiger partial charge >= 0.3 is 5.97 Å². The quantitative estimate of drug-likeness (QED) is 0.169. The van der Waals surface area contributed by atoms with Gasteiger partial charge in [-0.25, -0.2) is 0 Å². The zero-order valence-corrected chi connectivity index (χ0v) is 19.9. The molecule has 172 valence electrons. The van der Waals surface area contributed by atoms with E-state index >= 15 is 0 Å². The van der Waals surface area contributed by atoms with E-state index in [2.05, 4.69) is 13.8 Å². The zero-order valence-electron chi connectivity index (χ0n) is 19.9. The third kappa shape index (κ3) is 13.7. The lowest BCUT2D eigenvalue weighted by Gasteiger charge is -2.17. The average molecular weight is 419 g/mol. The number of hydrogen-bond acceptors (Lipinski definition) is 3. The first-order valence-corrected chi connectivity index (χ1v) is 12.5. The molecule has 0 fully saturated rings. The predicted octanol–water partition coefficient (Wildman–Crippen LogP) is 7.90. The fourth-order valence-electron chi connectivity index (χ4n) is 3.91. The van der Waals surface area contributed by atoms with Crippen molar-refractivity contribution in [3.05, 3.63) is 29.8 Å². The van der Waals surface area contributed by atoms with E-state index in [-0.39, 0.29) is 5.97 Å².